The van der Waals surface area contributed by atoms with Crippen molar-refractivity contribution in [2.45, 2.75) is 30.4 Å². The zero-order valence-corrected chi connectivity index (χ0v) is 14.3. The first-order valence-corrected chi connectivity index (χ1v) is 8.61. The number of nitrogens with one attached hydrogen (secondary N) is 1. The van der Waals surface area contributed by atoms with E-state index in [0.717, 1.165) is 4.57 Å². The molecule has 0 radical (unpaired) electrons. The van der Waals surface area contributed by atoms with Crippen LogP contribution in [-0.4, -0.2) is 38.0 Å². The van der Waals surface area contributed by atoms with Crippen molar-refractivity contribution >= 4 is 22.8 Å². The Morgan fingerprint density at radius 1 is 1.36 bits per heavy atom. The van der Waals surface area contributed by atoms with E-state index in [9.17, 15) is 13.6 Å². The molecule has 0 saturated carbocycles. The van der Waals surface area contributed by atoms with Crippen molar-refractivity contribution in [3.8, 4) is 0 Å². The molecule has 0 atom stereocenters. The molecule has 0 spiro atoms. The van der Waals surface area contributed by atoms with Crippen molar-refractivity contribution in [1.29, 1.82) is 0 Å². The highest BCUT2D eigenvalue weighted by atomic mass is 32.2. The minimum atomic E-state index is -2.69. The van der Waals surface area contributed by atoms with Gasteiger partial charge in [0.25, 0.3) is 0 Å². The average Bonchev–Trinajstić information content (AvgIpc) is 3.14. The molecule has 1 N–H and O–H groups in total. The van der Waals surface area contributed by atoms with Crippen molar-refractivity contribution in [1.82, 2.24) is 24.3 Å². The lowest BCUT2D eigenvalue weighted by Gasteiger charge is -2.08. The van der Waals surface area contributed by atoms with Crippen LogP contribution in [-0.2, 0) is 17.0 Å². The number of halogens is 2. The number of benzene rings is 1. The fourth-order valence-corrected chi connectivity index (χ4v) is 3.42. The van der Waals surface area contributed by atoms with Crippen LogP contribution in [0.5, 0.6) is 0 Å². The molecule has 3 rings (SSSR count). The van der Waals surface area contributed by atoms with E-state index >= 15 is 0 Å². The van der Waals surface area contributed by atoms with Crippen molar-refractivity contribution in [3.63, 3.8) is 0 Å². The molecule has 25 heavy (non-hydrogen) atoms. The number of hydrogen-bond donors (Lipinski definition) is 1. The maximum atomic E-state index is 13.4. The number of aromatic amines is 1. The largest absolute Gasteiger partial charge is 0.385 e. The molecule has 0 saturated heterocycles. The first-order valence-electron chi connectivity index (χ1n) is 7.62. The van der Waals surface area contributed by atoms with E-state index in [-0.39, 0.29) is 17.3 Å². The lowest BCUT2D eigenvalue weighted by atomic mass is 10.3. The third-order valence-electron chi connectivity index (χ3n) is 3.65. The van der Waals surface area contributed by atoms with E-state index in [1.54, 1.807) is 31.4 Å². The molecule has 7 nitrogen and oxygen atoms in total. The number of nitrogens with zero attached hydrogens (tertiary/aromatic N) is 4. The molecule has 2 aromatic heterocycles. The molecule has 0 amide bonds. The minimum Gasteiger partial charge on any atom is -0.385 e. The van der Waals surface area contributed by atoms with Crippen LogP contribution in [0.25, 0.3) is 11.0 Å². The second-order valence-corrected chi connectivity index (χ2v) is 6.20. The number of methoxy groups -OCH3 is 1. The fraction of sp³-hybridized carbons (Fsp3) is 0.400. The number of H-pyrrole nitrogens is 1. The molecule has 0 aliphatic carbocycles. The van der Waals surface area contributed by atoms with Gasteiger partial charge in [-0.1, -0.05) is 23.9 Å². The SMILES string of the molecule is COCCCn1c(SCc2nc3ccccc3n2C(F)F)n[nH]c1=O. The Morgan fingerprint density at radius 3 is 2.92 bits per heavy atom. The molecule has 134 valence electrons. The highest BCUT2D eigenvalue weighted by molar-refractivity contribution is 7.98. The predicted molar refractivity (Wildman–Crippen MR) is 89.9 cm³/mol. The Labute approximate surface area is 146 Å². The molecular formula is C15H17F2N5O2S. The van der Waals surface area contributed by atoms with Crippen LogP contribution >= 0.6 is 11.8 Å². The second kappa shape index (κ2) is 7.79. The molecule has 2 heterocycles. The van der Waals surface area contributed by atoms with E-state index < -0.39 is 6.55 Å². The molecule has 0 aliphatic heterocycles. The number of rotatable bonds is 8. The lowest BCUT2D eigenvalue weighted by Crippen LogP contribution is -2.18. The Kier molecular flexibility index (Phi) is 5.49. The molecular weight excluding hydrogens is 352 g/mol. The summed E-state index contributed by atoms with van der Waals surface area (Å²) >= 11 is 1.19. The number of para-hydroxylation sites is 2. The van der Waals surface area contributed by atoms with Gasteiger partial charge < -0.3 is 4.74 Å². The van der Waals surface area contributed by atoms with Gasteiger partial charge in [-0.2, -0.15) is 8.78 Å². The average molecular weight is 369 g/mol. The van der Waals surface area contributed by atoms with Crippen molar-refractivity contribution in [3.05, 3.63) is 40.6 Å². The maximum absolute atomic E-state index is 13.4. The zero-order valence-electron chi connectivity index (χ0n) is 13.5. The Morgan fingerprint density at radius 2 is 2.16 bits per heavy atom. The van der Waals surface area contributed by atoms with Gasteiger partial charge in [0.15, 0.2) is 5.16 Å². The number of aromatic nitrogens is 5. The smallest absolute Gasteiger partial charge is 0.343 e. The van der Waals surface area contributed by atoms with E-state index in [1.165, 1.54) is 16.3 Å². The minimum absolute atomic E-state index is 0.174. The third-order valence-corrected chi connectivity index (χ3v) is 4.62. The van der Waals surface area contributed by atoms with Crippen molar-refractivity contribution in [2.75, 3.05) is 13.7 Å². The number of hydrogen-bond acceptors (Lipinski definition) is 5. The molecule has 1 aromatic carbocycles. The number of alkyl halides is 2. The highest BCUT2D eigenvalue weighted by Crippen LogP contribution is 2.27. The number of imidazole rings is 1. The summed E-state index contributed by atoms with van der Waals surface area (Å²) in [5.74, 6) is 0.410. The Bertz CT molecular complexity index is 905. The predicted octanol–water partition coefficient (Wildman–Crippen LogP) is 2.65. The number of fused-ring (bicyclic) bond motifs is 1. The van der Waals surface area contributed by atoms with E-state index in [1.807, 2.05) is 0 Å². The van der Waals surface area contributed by atoms with Crippen LogP contribution < -0.4 is 5.69 Å². The second-order valence-electron chi connectivity index (χ2n) is 5.26. The van der Waals surface area contributed by atoms with Crippen molar-refractivity contribution < 1.29 is 13.5 Å². The van der Waals surface area contributed by atoms with Gasteiger partial charge in [-0.25, -0.2) is 14.9 Å². The Hall–Kier alpha value is -2.20. The number of ether oxygens (including phenoxy) is 1. The van der Waals surface area contributed by atoms with E-state index in [4.69, 9.17) is 4.74 Å². The number of thioether (sulfide) groups is 1. The highest BCUT2D eigenvalue weighted by Gasteiger charge is 2.18. The molecule has 0 aliphatic rings. The van der Waals surface area contributed by atoms with Crippen LogP contribution in [0, 0.1) is 0 Å². The zero-order chi connectivity index (χ0) is 17.8. The van der Waals surface area contributed by atoms with Crippen LogP contribution in [0.15, 0.2) is 34.2 Å². The van der Waals surface area contributed by atoms with Gasteiger partial charge in [0.1, 0.15) is 5.82 Å². The summed E-state index contributed by atoms with van der Waals surface area (Å²) in [4.78, 5) is 16.1. The maximum Gasteiger partial charge on any atom is 0.343 e. The van der Waals surface area contributed by atoms with E-state index in [0.29, 0.717) is 35.8 Å². The van der Waals surface area contributed by atoms with Gasteiger partial charge in [-0.3, -0.25) is 9.13 Å². The quantitative estimate of drug-likeness (QED) is 0.488. The molecule has 0 unspecified atom stereocenters. The monoisotopic (exact) mass is 369 g/mol. The summed E-state index contributed by atoms with van der Waals surface area (Å²) in [5.41, 5.74) is 0.562. The summed E-state index contributed by atoms with van der Waals surface area (Å²) in [6.07, 6.45) is 0.652. The molecule has 0 fully saturated rings. The Balaban J connectivity index is 1.82. The normalized spacial score (nSPS) is 11.7. The van der Waals surface area contributed by atoms with Crippen LogP contribution in [0.1, 0.15) is 18.8 Å². The van der Waals surface area contributed by atoms with Gasteiger partial charge in [-0.05, 0) is 18.6 Å². The topological polar surface area (TPSA) is 77.7 Å². The third kappa shape index (κ3) is 3.74. The molecule has 0 bridgehead atoms. The summed E-state index contributed by atoms with van der Waals surface area (Å²) in [7, 11) is 1.59. The molecule has 10 heteroatoms. The fourth-order valence-electron chi connectivity index (χ4n) is 2.52. The van der Waals surface area contributed by atoms with Gasteiger partial charge in [-0.15, -0.1) is 5.10 Å². The van der Waals surface area contributed by atoms with Crippen molar-refractivity contribution in [2.24, 2.45) is 0 Å². The van der Waals surface area contributed by atoms with Gasteiger partial charge in [0.2, 0.25) is 0 Å². The summed E-state index contributed by atoms with van der Waals surface area (Å²) in [5, 5.41) is 6.78. The summed E-state index contributed by atoms with van der Waals surface area (Å²) in [6, 6.07) is 6.75. The van der Waals surface area contributed by atoms with Crippen LogP contribution in [0.3, 0.4) is 0 Å². The van der Waals surface area contributed by atoms with Gasteiger partial charge in [0, 0.05) is 20.3 Å². The van der Waals surface area contributed by atoms with Crippen LogP contribution in [0.2, 0.25) is 0 Å². The standard InChI is InChI=1S/C15H17F2N5O2S/c1-24-8-4-7-21-14(23)19-20-15(21)25-9-12-18-10-5-2-3-6-11(10)22(12)13(16)17/h2-3,5-6,13H,4,7-9H2,1H3,(H,19,23). The van der Waals surface area contributed by atoms with Gasteiger partial charge >= 0.3 is 12.2 Å². The lowest BCUT2D eigenvalue weighted by molar-refractivity contribution is 0.0722. The summed E-state index contributed by atoms with van der Waals surface area (Å²) in [6.45, 7) is -1.73. The molecule has 3 aromatic rings. The van der Waals surface area contributed by atoms with Gasteiger partial charge in [0.05, 0.1) is 16.8 Å². The first kappa shape index (κ1) is 17.6. The summed E-state index contributed by atoms with van der Waals surface area (Å²) < 4.78 is 34.2. The van der Waals surface area contributed by atoms with E-state index in [2.05, 4.69) is 15.2 Å². The van der Waals surface area contributed by atoms with Crippen LogP contribution in [0.4, 0.5) is 8.78 Å². The first-order chi connectivity index (χ1) is 12.1.